The number of thioether (sulfide) groups is 1. The molecular weight excluding hydrogens is 282 g/mol. The van der Waals surface area contributed by atoms with Gasteiger partial charge in [0, 0.05) is 19.2 Å². The van der Waals surface area contributed by atoms with E-state index in [1.54, 1.807) is 0 Å². The van der Waals surface area contributed by atoms with E-state index in [2.05, 4.69) is 34.5 Å². The Labute approximate surface area is 131 Å². The fourth-order valence-electron chi connectivity index (χ4n) is 3.79. The lowest BCUT2D eigenvalue weighted by molar-refractivity contribution is -0.106. The lowest BCUT2D eigenvalue weighted by Gasteiger charge is -2.44. The topological polar surface area (TPSA) is 53.1 Å². The Morgan fingerprint density at radius 2 is 2.29 bits per heavy atom. The molecule has 0 amide bonds. The van der Waals surface area contributed by atoms with Crippen molar-refractivity contribution in [2.24, 2.45) is 11.7 Å². The standard InChI is InChI=1S/C16H27N3OS/c1-3-19-14(10-12(2)18-19)15(17)13-4-7-20-16(11-13)5-8-21-9-6-16/h10,13,15H,3-9,11,17H2,1-2H3. The molecule has 2 atom stereocenters. The normalized spacial score (nSPS) is 26.9. The summed E-state index contributed by atoms with van der Waals surface area (Å²) >= 11 is 2.05. The minimum Gasteiger partial charge on any atom is -0.375 e. The summed E-state index contributed by atoms with van der Waals surface area (Å²) in [4.78, 5) is 0. The molecule has 2 unspecified atom stereocenters. The summed E-state index contributed by atoms with van der Waals surface area (Å²) in [5.41, 5.74) is 9.00. The zero-order valence-corrected chi connectivity index (χ0v) is 14.0. The van der Waals surface area contributed by atoms with Gasteiger partial charge in [0.25, 0.3) is 0 Å². The van der Waals surface area contributed by atoms with Gasteiger partial charge in [-0.1, -0.05) is 0 Å². The molecule has 2 aliphatic heterocycles. The Hall–Kier alpha value is -0.520. The highest BCUT2D eigenvalue weighted by Gasteiger charge is 2.41. The summed E-state index contributed by atoms with van der Waals surface area (Å²) in [6.07, 6.45) is 4.56. The van der Waals surface area contributed by atoms with Gasteiger partial charge in [0.05, 0.1) is 17.0 Å². The first kappa shape index (κ1) is 15.4. The number of aryl methyl sites for hydroxylation is 2. The van der Waals surface area contributed by atoms with Crippen LogP contribution in [-0.4, -0.2) is 33.5 Å². The molecule has 21 heavy (non-hydrogen) atoms. The average Bonchev–Trinajstić information content (AvgIpc) is 2.88. The average molecular weight is 309 g/mol. The van der Waals surface area contributed by atoms with Crippen LogP contribution in [0.3, 0.4) is 0 Å². The predicted octanol–water partition coefficient (Wildman–Crippen LogP) is 2.90. The molecule has 0 bridgehead atoms. The third-order valence-electron chi connectivity index (χ3n) is 5.02. The van der Waals surface area contributed by atoms with Crippen molar-refractivity contribution in [1.29, 1.82) is 0 Å². The molecule has 3 rings (SSSR count). The van der Waals surface area contributed by atoms with E-state index < -0.39 is 0 Å². The van der Waals surface area contributed by atoms with E-state index in [9.17, 15) is 0 Å². The van der Waals surface area contributed by atoms with Crippen molar-refractivity contribution in [3.63, 3.8) is 0 Å². The largest absolute Gasteiger partial charge is 0.375 e. The van der Waals surface area contributed by atoms with E-state index in [1.165, 1.54) is 30.0 Å². The number of hydrogen-bond donors (Lipinski definition) is 1. The molecule has 2 aliphatic rings. The van der Waals surface area contributed by atoms with Gasteiger partial charge >= 0.3 is 0 Å². The molecule has 0 radical (unpaired) electrons. The molecule has 3 heterocycles. The molecule has 2 fully saturated rings. The second kappa shape index (κ2) is 6.31. The van der Waals surface area contributed by atoms with Gasteiger partial charge in [0.2, 0.25) is 0 Å². The highest BCUT2D eigenvalue weighted by atomic mass is 32.2. The number of nitrogens with zero attached hydrogens (tertiary/aromatic N) is 2. The first-order chi connectivity index (χ1) is 10.1. The first-order valence-corrected chi connectivity index (χ1v) is 9.31. The quantitative estimate of drug-likeness (QED) is 0.933. The Balaban J connectivity index is 1.76. The van der Waals surface area contributed by atoms with E-state index in [0.717, 1.165) is 31.7 Å². The van der Waals surface area contributed by atoms with Gasteiger partial charge < -0.3 is 10.5 Å². The van der Waals surface area contributed by atoms with E-state index in [0.29, 0.717) is 5.92 Å². The lowest BCUT2D eigenvalue weighted by Crippen LogP contribution is -2.45. The van der Waals surface area contributed by atoms with Crippen molar-refractivity contribution in [3.05, 3.63) is 17.5 Å². The van der Waals surface area contributed by atoms with Crippen LogP contribution in [0, 0.1) is 12.8 Å². The smallest absolute Gasteiger partial charge is 0.0701 e. The molecule has 1 spiro atoms. The minimum atomic E-state index is 0.0847. The van der Waals surface area contributed by atoms with Crippen molar-refractivity contribution >= 4 is 11.8 Å². The number of rotatable bonds is 3. The number of aromatic nitrogens is 2. The van der Waals surface area contributed by atoms with E-state index in [-0.39, 0.29) is 11.6 Å². The van der Waals surface area contributed by atoms with Crippen LogP contribution >= 0.6 is 11.8 Å². The summed E-state index contributed by atoms with van der Waals surface area (Å²) in [5, 5.41) is 4.55. The monoisotopic (exact) mass is 309 g/mol. The van der Waals surface area contributed by atoms with Crippen LogP contribution in [0.15, 0.2) is 6.07 Å². The van der Waals surface area contributed by atoms with Crippen LogP contribution in [0.25, 0.3) is 0 Å². The fraction of sp³-hybridized carbons (Fsp3) is 0.812. The third kappa shape index (κ3) is 3.15. The van der Waals surface area contributed by atoms with Crippen LogP contribution in [0.5, 0.6) is 0 Å². The van der Waals surface area contributed by atoms with Crippen molar-refractivity contribution in [2.45, 2.75) is 57.7 Å². The van der Waals surface area contributed by atoms with Crippen LogP contribution in [0.4, 0.5) is 0 Å². The molecule has 2 N–H and O–H groups in total. The second-order valence-electron chi connectivity index (χ2n) is 6.45. The van der Waals surface area contributed by atoms with Gasteiger partial charge in [-0.2, -0.15) is 16.9 Å². The SMILES string of the molecule is CCn1nc(C)cc1C(N)C1CCOC2(CCSCC2)C1. The van der Waals surface area contributed by atoms with Crippen LogP contribution < -0.4 is 5.73 Å². The Kier molecular flexibility index (Phi) is 4.62. The van der Waals surface area contributed by atoms with Crippen LogP contribution in [-0.2, 0) is 11.3 Å². The van der Waals surface area contributed by atoms with Crippen molar-refractivity contribution in [1.82, 2.24) is 9.78 Å². The zero-order valence-electron chi connectivity index (χ0n) is 13.2. The number of nitrogens with two attached hydrogens (primary N) is 1. The molecule has 118 valence electrons. The van der Waals surface area contributed by atoms with Crippen LogP contribution in [0.1, 0.15) is 50.0 Å². The van der Waals surface area contributed by atoms with Crippen molar-refractivity contribution in [3.8, 4) is 0 Å². The van der Waals surface area contributed by atoms with Gasteiger partial charge in [-0.25, -0.2) is 0 Å². The maximum atomic E-state index is 6.63. The van der Waals surface area contributed by atoms with Crippen molar-refractivity contribution in [2.75, 3.05) is 18.1 Å². The minimum absolute atomic E-state index is 0.0847. The summed E-state index contributed by atoms with van der Waals surface area (Å²) in [7, 11) is 0. The summed E-state index contributed by atoms with van der Waals surface area (Å²) < 4.78 is 8.26. The molecule has 0 aromatic carbocycles. The lowest BCUT2D eigenvalue weighted by atomic mass is 9.78. The summed E-state index contributed by atoms with van der Waals surface area (Å²) in [6.45, 7) is 5.93. The van der Waals surface area contributed by atoms with Gasteiger partial charge in [-0.05, 0) is 63.0 Å². The molecule has 2 saturated heterocycles. The summed E-state index contributed by atoms with van der Waals surface area (Å²) in [6, 6.07) is 2.24. The Morgan fingerprint density at radius 3 is 3.00 bits per heavy atom. The molecule has 4 nitrogen and oxygen atoms in total. The third-order valence-corrected chi connectivity index (χ3v) is 6.00. The van der Waals surface area contributed by atoms with Gasteiger partial charge in [0.1, 0.15) is 0 Å². The van der Waals surface area contributed by atoms with Gasteiger partial charge in [-0.3, -0.25) is 4.68 Å². The highest BCUT2D eigenvalue weighted by molar-refractivity contribution is 7.99. The molecule has 5 heteroatoms. The predicted molar refractivity (Wildman–Crippen MR) is 87.5 cm³/mol. The molecule has 1 aromatic rings. The van der Waals surface area contributed by atoms with Gasteiger partial charge in [0.15, 0.2) is 0 Å². The molecule has 1 aromatic heterocycles. The molecule has 0 saturated carbocycles. The number of ether oxygens (including phenoxy) is 1. The van der Waals surface area contributed by atoms with E-state index in [1.807, 2.05) is 6.92 Å². The summed E-state index contributed by atoms with van der Waals surface area (Å²) in [5.74, 6) is 2.98. The Morgan fingerprint density at radius 1 is 1.52 bits per heavy atom. The maximum Gasteiger partial charge on any atom is 0.0701 e. The van der Waals surface area contributed by atoms with E-state index >= 15 is 0 Å². The van der Waals surface area contributed by atoms with Gasteiger partial charge in [-0.15, -0.1) is 0 Å². The first-order valence-electron chi connectivity index (χ1n) is 8.15. The maximum absolute atomic E-state index is 6.63. The van der Waals surface area contributed by atoms with Crippen LogP contribution in [0.2, 0.25) is 0 Å². The molecular formula is C16H27N3OS. The highest BCUT2D eigenvalue weighted by Crippen LogP contribution is 2.42. The Bertz CT molecular complexity index is 476. The van der Waals surface area contributed by atoms with E-state index in [4.69, 9.17) is 10.5 Å². The van der Waals surface area contributed by atoms with Crippen molar-refractivity contribution < 1.29 is 4.74 Å². The second-order valence-corrected chi connectivity index (χ2v) is 7.67. The fourth-order valence-corrected chi connectivity index (χ4v) is 5.03. The number of hydrogen-bond acceptors (Lipinski definition) is 4. The zero-order chi connectivity index (χ0) is 14.9. The molecule has 0 aliphatic carbocycles.